The summed E-state index contributed by atoms with van der Waals surface area (Å²) in [6.45, 7) is 25.9. The standard InChI is InChI=1S/C34H66N5O8/c1-28(40)44-24-23-39(11,12)22-21-35-13-15-36(25-29(41)45-32(2,3)4)17-19-38(27-31(43)47-34(8,9)10)20-18-37(16-14-35)26-30(42)46-33(5,6)7/h13-27H2,1-12H3/q+1. The summed E-state index contributed by atoms with van der Waals surface area (Å²) in [7, 11) is 4.23. The Morgan fingerprint density at radius 2 is 0.830 bits per heavy atom. The van der Waals surface area contributed by atoms with Crippen LogP contribution in [0.2, 0.25) is 0 Å². The number of carbonyl (C=O) groups excluding carboxylic acids is 4. The molecule has 0 spiro atoms. The number of quaternary nitrogens is 1. The summed E-state index contributed by atoms with van der Waals surface area (Å²) >= 11 is 0. The average molecular weight is 673 g/mol. The van der Waals surface area contributed by atoms with Crippen molar-refractivity contribution < 1.29 is 42.6 Å². The van der Waals surface area contributed by atoms with Crippen LogP contribution in [0.25, 0.3) is 0 Å². The number of hydrogen-bond donors (Lipinski definition) is 0. The summed E-state index contributed by atoms with van der Waals surface area (Å²) in [5.41, 5.74) is -1.79. The first-order valence-electron chi connectivity index (χ1n) is 16.9. The number of carbonyl (C=O) groups is 4. The normalized spacial score (nSPS) is 17.7. The highest BCUT2D eigenvalue weighted by Gasteiger charge is 2.26. The molecule has 0 N–H and O–H groups in total. The summed E-state index contributed by atoms with van der Waals surface area (Å²) in [5, 5.41) is 0. The Morgan fingerprint density at radius 1 is 0.532 bits per heavy atom. The van der Waals surface area contributed by atoms with Crippen molar-refractivity contribution in [3.8, 4) is 0 Å². The molecule has 13 nitrogen and oxygen atoms in total. The van der Waals surface area contributed by atoms with Gasteiger partial charge in [-0.25, -0.2) is 0 Å². The Morgan fingerprint density at radius 3 is 1.11 bits per heavy atom. The van der Waals surface area contributed by atoms with Crippen molar-refractivity contribution in [2.75, 3.05) is 112 Å². The van der Waals surface area contributed by atoms with E-state index in [1.807, 2.05) is 67.2 Å². The molecule has 1 heterocycles. The van der Waals surface area contributed by atoms with E-state index in [0.29, 0.717) is 70.0 Å². The predicted octanol–water partition coefficient (Wildman–Crippen LogP) is 1.87. The zero-order valence-corrected chi connectivity index (χ0v) is 31.6. The number of esters is 4. The van der Waals surface area contributed by atoms with E-state index < -0.39 is 16.8 Å². The van der Waals surface area contributed by atoms with Gasteiger partial charge in [0.1, 0.15) is 30.0 Å². The van der Waals surface area contributed by atoms with Gasteiger partial charge >= 0.3 is 23.9 Å². The van der Waals surface area contributed by atoms with Gasteiger partial charge in [-0.3, -0.25) is 38.8 Å². The molecule has 1 saturated heterocycles. The van der Waals surface area contributed by atoms with Crippen molar-refractivity contribution in [1.29, 1.82) is 0 Å². The van der Waals surface area contributed by atoms with Gasteiger partial charge < -0.3 is 23.4 Å². The fraction of sp³-hybridized carbons (Fsp3) is 0.882. The first kappa shape index (κ1) is 42.7. The molecule has 0 bridgehead atoms. The summed E-state index contributed by atoms with van der Waals surface area (Å²) in [4.78, 5) is 58.5. The lowest BCUT2D eigenvalue weighted by Crippen LogP contribution is -2.52. The van der Waals surface area contributed by atoms with E-state index >= 15 is 0 Å². The van der Waals surface area contributed by atoms with E-state index in [0.717, 1.165) is 13.1 Å². The first-order chi connectivity index (χ1) is 21.4. The van der Waals surface area contributed by atoms with Gasteiger partial charge in [0.15, 0.2) is 0 Å². The van der Waals surface area contributed by atoms with Gasteiger partial charge in [-0.2, -0.15) is 0 Å². The largest absolute Gasteiger partial charge is 0.460 e. The fourth-order valence-electron chi connectivity index (χ4n) is 4.91. The molecule has 0 radical (unpaired) electrons. The lowest BCUT2D eigenvalue weighted by molar-refractivity contribution is -0.890. The van der Waals surface area contributed by atoms with Crippen LogP contribution in [-0.4, -0.2) is 177 Å². The van der Waals surface area contributed by atoms with Crippen LogP contribution < -0.4 is 0 Å². The first-order valence-corrected chi connectivity index (χ1v) is 16.9. The Kier molecular flexibility index (Phi) is 17.3. The Hall–Kier alpha value is -2.32. The van der Waals surface area contributed by atoms with Crippen molar-refractivity contribution in [1.82, 2.24) is 19.6 Å². The molecular weight excluding hydrogens is 606 g/mol. The lowest BCUT2D eigenvalue weighted by atomic mass is 10.2. The highest BCUT2D eigenvalue weighted by molar-refractivity contribution is 5.73. The molecule has 0 aromatic heterocycles. The number of rotatable bonds is 12. The molecule has 0 aliphatic carbocycles. The SMILES string of the molecule is CC(=O)OCC[N+](C)(C)CCN1CCN(CC(=O)OC(C)(C)C)CCN(CC(=O)OC(C)(C)C)CCN(CC(=O)OC(C)(C)C)CC1. The van der Waals surface area contributed by atoms with Crippen molar-refractivity contribution >= 4 is 23.9 Å². The molecule has 1 aliphatic rings. The highest BCUT2D eigenvalue weighted by atomic mass is 16.6. The van der Waals surface area contributed by atoms with Crippen molar-refractivity contribution in [2.45, 2.75) is 86.0 Å². The zero-order chi connectivity index (χ0) is 36.1. The van der Waals surface area contributed by atoms with E-state index in [1.165, 1.54) is 6.92 Å². The number of likely N-dealkylation sites (N-methyl/N-ethyl adjacent to an activating group) is 1. The van der Waals surface area contributed by atoms with Gasteiger partial charge in [-0.1, -0.05) is 0 Å². The molecule has 0 aromatic carbocycles. The van der Waals surface area contributed by atoms with Crippen molar-refractivity contribution in [3.05, 3.63) is 0 Å². The van der Waals surface area contributed by atoms with E-state index in [9.17, 15) is 19.2 Å². The van der Waals surface area contributed by atoms with Crippen LogP contribution in [-0.2, 0) is 38.1 Å². The molecule has 1 aliphatic heterocycles. The molecule has 0 saturated carbocycles. The van der Waals surface area contributed by atoms with Crippen LogP contribution >= 0.6 is 0 Å². The zero-order valence-electron chi connectivity index (χ0n) is 31.6. The average Bonchev–Trinajstić information content (AvgIpc) is 2.84. The maximum atomic E-state index is 12.9. The third kappa shape index (κ3) is 22.8. The second-order valence-electron chi connectivity index (χ2n) is 16.2. The third-order valence-electron chi connectivity index (χ3n) is 7.27. The predicted molar refractivity (Wildman–Crippen MR) is 182 cm³/mol. The third-order valence-corrected chi connectivity index (χ3v) is 7.27. The molecule has 0 atom stereocenters. The molecule has 47 heavy (non-hydrogen) atoms. The van der Waals surface area contributed by atoms with Crippen LogP contribution in [0.1, 0.15) is 69.2 Å². The fourth-order valence-corrected chi connectivity index (χ4v) is 4.91. The van der Waals surface area contributed by atoms with E-state index in [-0.39, 0.29) is 43.5 Å². The summed E-state index contributed by atoms with van der Waals surface area (Å²) in [6, 6.07) is 0. The molecule has 0 amide bonds. The highest BCUT2D eigenvalue weighted by Crippen LogP contribution is 2.11. The van der Waals surface area contributed by atoms with Gasteiger partial charge in [0, 0.05) is 65.8 Å². The topological polar surface area (TPSA) is 118 Å². The van der Waals surface area contributed by atoms with Gasteiger partial charge in [-0.05, 0) is 62.3 Å². The van der Waals surface area contributed by atoms with E-state index in [1.54, 1.807) is 0 Å². The minimum atomic E-state index is -0.605. The van der Waals surface area contributed by atoms with Gasteiger partial charge in [0.2, 0.25) is 0 Å². The van der Waals surface area contributed by atoms with Crippen LogP contribution in [0.3, 0.4) is 0 Å². The molecule has 13 heteroatoms. The minimum absolute atomic E-state index is 0.101. The molecule has 0 aromatic rings. The lowest BCUT2D eigenvalue weighted by Gasteiger charge is -2.36. The van der Waals surface area contributed by atoms with Gasteiger partial charge in [0.05, 0.1) is 40.3 Å². The smallest absolute Gasteiger partial charge is 0.320 e. The maximum absolute atomic E-state index is 12.9. The van der Waals surface area contributed by atoms with Gasteiger partial charge in [0.25, 0.3) is 0 Å². The Bertz CT molecular complexity index is 954. The van der Waals surface area contributed by atoms with Crippen LogP contribution in [0.15, 0.2) is 0 Å². The quantitative estimate of drug-likeness (QED) is 0.171. The van der Waals surface area contributed by atoms with Crippen molar-refractivity contribution in [2.24, 2.45) is 0 Å². The maximum Gasteiger partial charge on any atom is 0.320 e. The Labute approximate surface area is 284 Å². The van der Waals surface area contributed by atoms with E-state index in [4.69, 9.17) is 18.9 Å². The number of ether oxygens (including phenoxy) is 4. The molecule has 274 valence electrons. The Balaban J connectivity index is 3.21. The molecule has 1 rings (SSSR count). The molecular formula is C34H66N5O8+. The van der Waals surface area contributed by atoms with E-state index in [2.05, 4.69) is 28.8 Å². The monoisotopic (exact) mass is 672 g/mol. The van der Waals surface area contributed by atoms with Crippen LogP contribution in [0.4, 0.5) is 0 Å². The van der Waals surface area contributed by atoms with Crippen molar-refractivity contribution in [3.63, 3.8) is 0 Å². The summed E-state index contributed by atoms with van der Waals surface area (Å²) in [6.07, 6.45) is 0. The number of hydrogen-bond acceptors (Lipinski definition) is 12. The van der Waals surface area contributed by atoms with Crippen LogP contribution in [0.5, 0.6) is 0 Å². The second-order valence-corrected chi connectivity index (χ2v) is 16.2. The van der Waals surface area contributed by atoms with Crippen LogP contribution in [0, 0.1) is 0 Å². The van der Waals surface area contributed by atoms with Gasteiger partial charge in [-0.15, -0.1) is 0 Å². The summed E-state index contributed by atoms with van der Waals surface area (Å²) < 4.78 is 22.8. The molecule has 0 unspecified atom stereocenters. The second kappa shape index (κ2) is 19.0. The molecule has 1 fully saturated rings. The summed E-state index contributed by atoms with van der Waals surface area (Å²) in [5.74, 6) is -1.18. The minimum Gasteiger partial charge on any atom is -0.460 e. The number of nitrogens with zero attached hydrogens (tertiary/aromatic N) is 5.